The molecule has 1 rings (SSSR count). The van der Waals surface area contributed by atoms with Gasteiger partial charge in [-0.2, -0.15) is 4.31 Å². The van der Waals surface area contributed by atoms with Crippen LogP contribution in [0.5, 0.6) is 0 Å². The van der Waals surface area contributed by atoms with Crippen LogP contribution in [0.1, 0.15) is 13.3 Å². The van der Waals surface area contributed by atoms with Crippen LogP contribution in [-0.2, 0) is 10.0 Å². The van der Waals surface area contributed by atoms with Crippen LogP contribution in [0.15, 0.2) is 29.7 Å². The van der Waals surface area contributed by atoms with E-state index in [1.165, 1.54) is 6.08 Å². The molecule has 0 aliphatic rings. The van der Waals surface area contributed by atoms with Gasteiger partial charge in [-0.05, 0) is 18.6 Å². The molecular weight excluding hydrogens is 274 g/mol. The quantitative estimate of drug-likeness (QED) is 0.645. The molecule has 0 bridgehead atoms. The van der Waals surface area contributed by atoms with Gasteiger partial charge in [-0.25, -0.2) is 17.2 Å². The van der Waals surface area contributed by atoms with E-state index in [9.17, 15) is 17.2 Å². The van der Waals surface area contributed by atoms with Crippen LogP contribution in [0.4, 0.5) is 14.5 Å². The largest absolute Gasteiger partial charge is 0.394 e. The fourth-order valence-corrected chi connectivity index (χ4v) is 3.17. The monoisotopic (exact) mass is 290 g/mol. The van der Waals surface area contributed by atoms with E-state index >= 15 is 0 Å². The highest BCUT2D eigenvalue weighted by Gasteiger charge is 2.28. The molecule has 0 fully saturated rings. The molecule has 0 amide bonds. The Labute approximate surface area is 111 Å². The Bertz CT molecular complexity index is 573. The highest BCUT2D eigenvalue weighted by molar-refractivity contribution is 7.89. The van der Waals surface area contributed by atoms with Crippen molar-refractivity contribution in [3.05, 3.63) is 36.4 Å². The van der Waals surface area contributed by atoms with Gasteiger partial charge in [0.1, 0.15) is 16.4 Å². The first-order valence-corrected chi connectivity index (χ1v) is 7.14. The summed E-state index contributed by atoms with van der Waals surface area (Å²) in [5.74, 6) is -2.24. The van der Waals surface area contributed by atoms with Gasteiger partial charge in [0, 0.05) is 13.1 Å². The lowest BCUT2D eigenvalue weighted by Crippen LogP contribution is -2.32. The molecule has 0 unspecified atom stereocenters. The second kappa shape index (κ2) is 6.12. The highest BCUT2D eigenvalue weighted by atomic mass is 32.2. The third-order valence-corrected chi connectivity index (χ3v) is 4.40. The number of nitrogens with zero attached hydrogens (tertiary/aromatic N) is 1. The van der Waals surface area contributed by atoms with Gasteiger partial charge >= 0.3 is 0 Å². The maximum absolute atomic E-state index is 13.8. The normalized spacial score (nSPS) is 11.8. The fraction of sp³-hybridized carbons (Fsp3) is 0.333. The average molecular weight is 290 g/mol. The zero-order valence-electron chi connectivity index (χ0n) is 10.6. The molecule has 0 saturated heterocycles. The van der Waals surface area contributed by atoms with Crippen molar-refractivity contribution in [2.75, 3.05) is 18.8 Å². The first-order valence-electron chi connectivity index (χ1n) is 5.70. The molecule has 106 valence electrons. The number of sulfonamides is 1. The fourth-order valence-electron chi connectivity index (χ4n) is 1.59. The minimum Gasteiger partial charge on any atom is -0.394 e. The van der Waals surface area contributed by atoms with Crippen LogP contribution in [0.2, 0.25) is 0 Å². The van der Waals surface area contributed by atoms with E-state index in [1.54, 1.807) is 6.92 Å². The van der Waals surface area contributed by atoms with Gasteiger partial charge < -0.3 is 5.73 Å². The first-order chi connectivity index (χ1) is 8.86. The SMILES string of the molecule is C=CCN(CCC)S(=O)(=O)c1ccc(F)c(N)c1F. The molecule has 0 aliphatic heterocycles. The standard InChI is InChI=1S/C12H16F2N2O2S/c1-3-7-16(8-4-2)19(17,18)10-6-5-9(13)12(15)11(10)14/h3,5-6H,1,4,7-8,15H2,2H3. The molecule has 0 heterocycles. The van der Waals surface area contributed by atoms with Crippen molar-refractivity contribution in [1.29, 1.82) is 0 Å². The summed E-state index contributed by atoms with van der Waals surface area (Å²) in [6, 6.07) is 1.71. The average Bonchev–Trinajstić information content (AvgIpc) is 2.35. The molecule has 0 aliphatic carbocycles. The number of rotatable bonds is 6. The van der Waals surface area contributed by atoms with Crippen molar-refractivity contribution >= 4 is 15.7 Å². The number of hydrogen-bond donors (Lipinski definition) is 1. The van der Waals surface area contributed by atoms with Gasteiger partial charge in [0.25, 0.3) is 0 Å². The van der Waals surface area contributed by atoms with E-state index in [4.69, 9.17) is 5.73 Å². The lowest BCUT2D eigenvalue weighted by Gasteiger charge is -2.20. The molecule has 19 heavy (non-hydrogen) atoms. The highest BCUT2D eigenvalue weighted by Crippen LogP contribution is 2.25. The van der Waals surface area contributed by atoms with Crippen molar-refractivity contribution in [3.63, 3.8) is 0 Å². The Kier molecular flexibility index (Phi) is 5.02. The maximum atomic E-state index is 13.8. The molecule has 7 heteroatoms. The molecule has 2 N–H and O–H groups in total. The maximum Gasteiger partial charge on any atom is 0.246 e. The summed E-state index contributed by atoms with van der Waals surface area (Å²) in [6.07, 6.45) is 1.96. The van der Waals surface area contributed by atoms with E-state index in [1.807, 2.05) is 0 Å². The first kappa shape index (κ1) is 15.6. The smallest absolute Gasteiger partial charge is 0.246 e. The van der Waals surface area contributed by atoms with Gasteiger partial charge in [0.05, 0.1) is 0 Å². The van der Waals surface area contributed by atoms with Crippen LogP contribution in [0, 0.1) is 11.6 Å². The predicted octanol–water partition coefficient (Wildman–Crippen LogP) is 2.13. The minimum atomic E-state index is -4.05. The van der Waals surface area contributed by atoms with E-state index in [-0.39, 0.29) is 13.1 Å². The van der Waals surface area contributed by atoms with Crippen molar-refractivity contribution in [1.82, 2.24) is 4.31 Å². The van der Waals surface area contributed by atoms with Gasteiger partial charge in [0.15, 0.2) is 5.82 Å². The molecular formula is C12H16F2N2O2S. The minimum absolute atomic E-state index is 0.0485. The summed E-state index contributed by atoms with van der Waals surface area (Å²) in [6.45, 7) is 5.51. The number of anilines is 1. The third-order valence-electron chi connectivity index (χ3n) is 2.51. The second-order valence-electron chi connectivity index (χ2n) is 3.92. The molecule has 1 aromatic rings. The lowest BCUT2D eigenvalue weighted by atomic mass is 10.3. The Hall–Kier alpha value is -1.47. The summed E-state index contributed by atoms with van der Waals surface area (Å²) in [5.41, 5.74) is 4.38. The van der Waals surface area contributed by atoms with Crippen LogP contribution in [0.25, 0.3) is 0 Å². The van der Waals surface area contributed by atoms with Crippen LogP contribution in [0.3, 0.4) is 0 Å². The van der Waals surface area contributed by atoms with Crippen LogP contribution in [-0.4, -0.2) is 25.8 Å². The van der Waals surface area contributed by atoms with E-state index in [0.717, 1.165) is 16.4 Å². The van der Waals surface area contributed by atoms with Crippen molar-refractivity contribution in [2.45, 2.75) is 18.2 Å². The van der Waals surface area contributed by atoms with Gasteiger partial charge in [0.2, 0.25) is 10.0 Å². The molecule has 0 radical (unpaired) electrons. The number of benzene rings is 1. The number of hydrogen-bond acceptors (Lipinski definition) is 3. The van der Waals surface area contributed by atoms with Crippen molar-refractivity contribution in [3.8, 4) is 0 Å². The summed E-state index contributed by atoms with van der Waals surface area (Å²) < 4.78 is 52.4. The van der Waals surface area contributed by atoms with Gasteiger partial charge in [-0.1, -0.05) is 13.0 Å². The van der Waals surface area contributed by atoms with Crippen molar-refractivity contribution < 1.29 is 17.2 Å². The second-order valence-corrected chi connectivity index (χ2v) is 5.83. The van der Waals surface area contributed by atoms with E-state index < -0.39 is 32.2 Å². The Morgan fingerprint density at radius 1 is 1.42 bits per heavy atom. The number of nitrogens with two attached hydrogens (primary N) is 1. The van der Waals surface area contributed by atoms with Gasteiger partial charge in [-0.3, -0.25) is 0 Å². The summed E-state index contributed by atoms with van der Waals surface area (Å²) in [5, 5.41) is 0. The zero-order chi connectivity index (χ0) is 14.6. The van der Waals surface area contributed by atoms with Crippen LogP contribution < -0.4 is 5.73 Å². The predicted molar refractivity (Wildman–Crippen MR) is 70.0 cm³/mol. The number of halogens is 2. The molecule has 0 saturated carbocycles. The van der Waals surface area contributed by atoms with Gasteiger partial charge in [-0.15, -0.1) is 6.58 Å². The van der Waals surface area contributed by atoms with Crippen molar-refractivity contribution in [2.24, 2.45) is 0 Å². The summed E-state index contributed by atoms with van der Waals surface area (Å²) in [7, 11) is -4.05. The summed E-state index contributed by atoms with van der Waals surface area (Å²) >= 11 is 0. The molecule has 1 aromatic carbocycles. The molecule has 4 nitrogen and oxygen atoms in total. The Morgan fingerprint density at radius 3 is 2.58 bits per heavy atom. The lowest BCUT2D eigenvalue weighted by molar-refractivity contribution is 0.436. The van der Waals surface area contributed by atoms with Crippen LogP contribution >= 0.6 is 0 Å². The molecule has 0 spiro atoms. The molecule has 0 aromatic heterocycles. The van der Waals surface area contributed by atoms with E-state index in [2.05, 4.69) is 6.58 Å². The Balaban J connectivity index is 3.33. The topological polar surface area (TPSA) is 63.4 Å². The summed E-state index contributed by atoms with van der Waals surface area (Å²) in [4.78, 5) is -0.623. The number of nitrogen functional groups attached to an aromatic ring is 1. The van der Waals surface area contributed by atoms with E-state index in [0.29, 0.717) is 6.42 Å². The Morgan fingerprint density at radius 2 is 2.05 bits per heavy atom. The zero-order valence-corrected chi connectivity index (χ0v) is 11.4. The third kappa shape index (κ3) is 3.10. The molecule has 0 atom stereocenters.